The van der Waals surface area contributed by atoms with Gasteiger partial charge in [-0.05, 0) is 12.1 Å². The second kappa shape index (κ2) is 3.48. The van der Waals surface area contributed by atoms with Crippen molar-refractivity contribution in [3.63, 3.8) is 0 Å². The molecule has 0 fully saturated rings. The second-order valence-electron chi connectivity index (χ2n) is 3.06. The minimum absolute atomic E-state index is 0.358. The second-order valence-corrected chi connectivity index (χ2v) is 4.36. The highest BCUT2D eigenvalue weighted by Crippen LogP contribution is 2.16. The average molecular weight is 223 g/mol. The number of nitrogens with two attached hydrogens (primary N) is 1. The van der Waals surface area contributed by atoms with Crippen molar-refractivity contribution in [1.29, 1.82) is 0 Å². The molecule has 0 radical (unpaired) electrons. The molecule has 0 amide bonds. The summed E-state index contributed by atoms with van der Waals surface area (Å²) in [6, 6.07) is 9.08. The van der Waals surface area contributed by atoms with E-state index in [1.165, 1.54) is 6.20 Å². The Balaban J connectivity index is 2.48. The van der Waals surface area contributed by atoms with Gasteiger partial charge in [0, 0.05) is 5.39 Å². The van der Waals surface area contributed by atoms with Crippen molar-refractivity contribution in [1.82, 2.24) is 4.98 Å². The van der Waals surface area contributed by atoms with Crippen LogP contribution in [0.3, 0.4) is 0 Å². The van der Waals surface area contributed by atoms with Gasteiger partial charge < -0.3 is 0 Å². The Morgan fingerprint density at radius 2 is 2.00 bits per heavy atom. The first-order valence-corrected chi connectivity index (χ1v) is 5.74. The normalized spacial score (nSPS) is 11.5. The topological polar surface area (TPSA) is 85.1 Å². The van der Waals surface area contributed by atoms with E-state index in [2.05, 4.69) is 9.71 Å². The smallest absolute Gasteiger partial charge is 0.270 e. The van der Waals surface area contributed by atoms with Crippen LogP contribution in [-0.2, 0) is 10.2 Å². The molecule has 0 aliphatic carbocycles. The maximum absolute atomic E-state index is 10.8. The van der Waals surface area contributed by atoms with Gasteiger partial charge in [-0.25, -0.2) is 5.14 Å². The third-order valence-electron chi connectivity index (χ3n) is 1.85. The molecule has 0 aliphatic rings. The summed E-state index contributed by atoms with van der Waals surface area (Å²) in [7, 11) is -3.74. The maximum Gasteiger partial charge on any atom is 0.296 e. The fraction of sp³-hybridized carbons (Fsp3) is 0. The van der Waals surface area contributed by atoms with Crippen LogP contribution in [0.2, 0.25) is 0 Å². The highest BCUT2D eigenvalue weighted by molar-refractivity contribution is 7.90. The van der Waals surface area contributed by atoms with Crippen LogP contribution in [0.1, 0.15) is 0 Å². The van der Waals surface area contributed by atoms with Gasteiger partial charge in [0.1, 0.15) is 0 Å². The molecule has 0 unspecified atom stereocenters. The van der Waals surface area contributed by atoms with Crippen molar-refractivity contribution in [2.24, 2.45) is 5.14 Å². The molecule has 1 aromatic heterocycles. The van der Waals surface area contributed by atoms with Crippen LogP contribution in [0.5, 0.6) is 0 Å². The lowest BCUT2D eigenvalue weighted by Gasteiger charge is -2.03. The molecule has 6 heteroatoms. The number of pyridine rings is 1. The summed E-state index contributed by atoms with van der Waals surface area (Å²) in [5.74, 6) is 0. The number of para-hydroxylation sites is 1. The number of fused-ring (bicyclic) bond motifs is 1. The Hall–Kier alpha value is -1.66. The Morgan fingerprint density at radius 3 is 2.73 bits per heavy atom. The molecule has 15 heavy (non-hydrogen) atoms. The standard InChI is InChI=1S/C9H9N3O2S/c10-15(13,14)12-8-5-7-3-1-2-4-9(7)11-6-8/h1-6,12H,(H2,10,13,14). The van der Waals surface area contributed by atoms with Crippen molar-refractivity contribution >= 4 is 26.8 Å². The van der Waals surface area contributed by atoms with Crippen LogP contribution >= 0.6 is 0 Å². The molecule has 1 heterocycles. The van der Waals surface area contributed by atoms with Gasteiger partial charge in [-0.15, -0.1) is 0 Å². The van der Waals surface area contributed by atoms with Crippen LogP contribution in [0.15, 0.2) is 36.5 Å². The molecule has 0 aliphatic heterocycles. The quantitative estimate of drug-likeness (QED) is 0.791. The SMILES string of the molecule is NS(=O)(=O)Nc1cnc2ccccc2c1. The number of aromatic nitrogens is 1. The number of nitrogens with zero attached hydrogens (tertiary/aromatic N) is 1. The lowest BCUT2D eigenvalue weighted by Crippen LogP contribution is -2.21. The van der Waals surface area contributed by atoms with E-state index in [1.54, 1.807) is 6.07 Å². The fourth-order valence-electron chi connectivity index (χ4n) is 1.29. The van der Waals surface area contributed by atoms with Crippen molar-refractivity contribution in [3.05, 3.63) is 36.5 Å². The number of anilines is 1. The predicted molar refractivity (Wildman–Crippen MR) is 58.5 cm³/mol. The molecule has 2 rings (SSSR count). The molecule has 0 atom stereocenters. The zero-order valence-corrected chi connectivity index (χ0v) is 8.53. The average Bonchev–Trinajstić information content (AvgIpc) is 2.15. The molecule has 78 valence electrons. The first kappa shape index (κ1) is 9.88. The number of hydrogen-bond donors (Lipinski definition) is 2. The highest BCUT2D eigenvalue weighted by atomic mass is 32.2. The highest BCUT2D eigenvalue weighted by Gasteiger charge is 2.03. The maximum atomic E-state index is 10.8. The van der Waals surface area contributed by atoms with Crippen molar-refractivity contribution in [2.45, 2.75) is 0 Å². The molecular weight excluding hydrogens is 214 g/mol. The Labute approximate surface area is 87.1 Å². The third kappa shape index (κ3) is 2.42. The van der Waals surface area contributed by atoms with E-state index in [0.29, 0.717) is 5.69 Å². The summed E-state index contributed by atoms with van der Waals surface area (Å²) in [4.78, 5) is 4.08. The number of nitrogens with one attached hydrogen (secondary N) is 1. The molecule has 2 aromatic rings. The van der Waals surface area contributed by atoms with E-state index in [0.717, 1.165) is 10.9 Å². The third-order valence-corrected chi connectivity index (χ3v) is 2.37. The first-order chi connectivity index (χ1) is 7.04. The summed E-state index contributed by atoms with van der Waals surface area (Å²) >= 11 is 0. The molecule has 0 spiro atoms. The minimum Gasteiger partial charge on any atom is -0.270 e. The van der Waals surface area contributed by atoms with E-state index >= 15 is 0 Å². The number of benzene rings is 1. The van der Waals surface area contributed by atoms with Crippen LogP contribution < -0.4 is 9.86 Å². The molecule has 0 bridgehead atoms. The lowest BCUT2D eigenvalue weighted by atomic mass is 10.2. The first-order valence-electron chi connectivity index (χ1n) is 4.20. The van der Waals surface area contributed by atoms with Gasteiger partial charge in [-0.1, -0.05) is 18.2 Å². The van der Waals surface area contributed by atoms with Gasteiger partial charge >= 0.3 is 0 Å². The van der Waals surface area contributed by atoms with E-state index in [-0.39, 0.29) is 0 Å². The number of rotatable bonds is 2. The van der Waals surface area contributed by atoms with E-state index in [9.17, 15) is 8.42 Å². The van der Waals surface area contributed by atoms with Crippen molar-refractivity contribution < 1.29 is 8.42 Å². The van der Waals surface area contributed by atoms with Gasteiger partial charge in [0.15, 0.2) is 0 Å². The summed E-state index contributed by atoms with van der Waals surface area (Å²) in [5, 5.41) is 5.70. The summed E-state index contributed by atoms with van der Waals surface area (Å²) in [6.07, 6.45) is 1.42. The van der Waals surface area contributed by atoms with E-state index < -0.39 is 10.2 Å². The van der Waals surface area contributed by atoms with Gasteiger partial charge in [0.25, 0.3) is 10.2 Å². The molecule has 3 N–H and O–H groups in total. The zero-order valence-electron chi connectivity index (χ0n) is 7.71. The fourth-order valence-corrected chi connectivity index (χ4v) is 1.73. The number of hydrogen-bond acceptors (Lipinski definition) is 3. The summed E-state index contributed by atoms with van der Waals surface area (Å²) < 4.78 is 23.7. The largest absolute Gasteiger partial charge is 0.296 e. The monoisotopic (exact) mass is 223 g/mol. The van der Waals surface area contributed by atoms with Gasteiger partial charge in [0.2, 0.25) is 0 Å². The van der Waals surface area contributed by atoms with E-state index in [4.69, 9.17) is 5.14 Å². The van der Waals surface area contributed by atoms with Crippen LogP contribution in [0.25, 0.3) is 10.9 Å². The van der Waals surface area contributed by atoms with Crippen LogP contribution in [-0.4, -0.2) is 13.4 Å². The Bertz CT molecular complexity index is 595. The summed E-state index contributed by atoms with van der Waals surface area (Å²) in [6.45, 7) is 0. The van der Waals surface area contributed by atoms with Gasteiger partial charge in [-0.3, -0.25) is 9.71 Å². The molecule has 0 saturated heterocycles. The molecule has 1 aromatic carbocycles. The van der Waals surface area contributed by atoms with Gasteiger partial charge in [-0.2, -0.15) is 8.42 Å². The van der Waals surface area contributed by atoms with Crippen LogP contribution in [0, 0.1) is 0 Å². The minimum atomic E-state index is -3.74. The lowest BCUT2D eigenvalue weighted by molar-refractivity contribution is 0.603. The Kier molecular flexibility index (Phi) is 2.29. The predicted octanol–water partition coefficient (Wildman–Crippen LogP) is 0.850. The van der Waals surface area contributed by atoms with Crippen molar-refractivity contribution in [3.8, 4) is 0 Å². The van der Waals surface area contributed by atoms with Gasteiger partial charge in [0.05, 0.1) is 17.4 Å². The molecule has 0 saturated carbocycles. The summed E-state index contributed by atoms with van der Waals surface area (Å²) in [5.41, 5.74) is 1.16. The molecule has 5 nitrogen and oxygen atoms in total. The van der Waals surface area contributed by atoms with Crippen LogP contribution in [0.4, 0.5) is 5.69 Å². The van der Waals surface area contributed by atoms with Crippen molar-refractivity contribution in [2.75, 3.05) is 4.72 Å². The Morgan fingerprint density at radius 1 is 1.27 bits per heavy atom. The zero-order chi connectivity index (χ0) is 10.9. The molecular formula is C9H9N3O2S. The van der Waals surface area contributed by atoms with E-state index in [1.807, 2.05) is 24.3 Å².